The molecule has 0 bridgehead atoms. The fraction of sp³-hybridized carbons (Fsp3) is 0.273. The minimum atomic E-state index is -0.765. The molecule has 1 aliphatic heterocycles. The first-order chi connectivity index (χ1) is 15.5. The molecular weight excluding hydrogens is 417 g/mol. The number of carbonyl (C=O) groups is 2. The summed E-state index contributed by atoms with van der Waals surface area (Å²) in [6.07, 6.45) is 1.13. The number of hydrogen-bond donors (Lipinski definition) is 2. The fourth-order valence-electron chi connectivity index (χ4n) is 4.28. The highest BCUT2D eigenvalue weighted by molar-refractivity contribution is 5.90. The molecule has 2 atom stereocenters. The van der Waals surface area contributed by atoms with Crippen LogP contribution in [0.3, 0.4) is 0 Å². The van der Waals surface area contributed by atoms with Crippen molar-refractivity contribution in [1.82, 2.24) is 15.5 Å². The summed E-state index contributed by atoms with van der Waals surface area (Å²) in [5.41, 5.74) is 6.82. The molecule has 3 aromatic rings. The number of nitrogens with one attached hydrogen (secondary N) is 1. The molecule has 3 heterocycles. The summed E-state index contributed by atoms with van der Waals surface area (Å²) in [5.74, 6) is 1.05. The minimum absolute atomic E-state index is 0.107. The van der Waals surface area contributed by atoms with Crippen LogP contribution in [0.15, 0.2) is 53.2 Å². The van der Waals surface area contributed by atoms with Crippen molar-refractivity contribution in [3.63, 3.8) is 0 Å². The van der Waals surface area contributed by atoms with E-state index in [1.54, 1.807) is 18.3 Å². The molecule has 10 heteroatoms. The molecule has 1 saturated carbocycles. The molecule has 5 rings (SSSR count). The van der Waals surface area contributed by atoms with Gasteiger partial charge in [-0.3, -0.25) is 4.79 Å². The topological polar surface area (TPSA) is 124 Å². The molecule has 1 aliphatic carbocycles. The fourth-order valence-corrected chi connectivity index (χ4v) is 4.28. The Kier molecular flexibility index (Phi) is 4.96. The van der Waals surface area contributed by atoms with Gasteiger partial charge >= 0.3 is 12.0 Å². The van der Waals surface area contributed by atoms with Crippen LogP contribution in [0.5, 0.6) is 5.95 Å². The van der Waals surface area contributed by atoms with Gasteiger partial charge in [-0.05, 0) is 47.6 Å². The van der Waals surface area contributed by atoms with Crippen LogP contribution in [0.4, 0.5) is 15.0 Å². The molecule has 1 aromatic carbocycles. The lowest BCUT2D eigenvalue weighted by atomic mass is 10.1. The molecule has 2 unspecified atom stereocenters. The maximum atomic E-state index is 13.1. The summed E-state index contributed by atoms with van der Waals surface area (Å²) >= 11 is 0. The highest BCUT2D eigenvalue weighted by atomic mass is 19.1. The molecule has 0 radical (unpaired) electrons. The average molecular weight is 437 g/mol. The van der Waals surface area contributed by atoms with Crippen LogP contribution in [0.1, 0.15) is 10.5 Å². The van der Waals surface area contributed by atoms with Crippen molar-refractivity contribution in [3.8, 4) is 17.1 Å². The first-order valence-electron chi connectivity index (χ1n) is 10.2. The van der Waals surface area contributed by atoms with Gasteiger partial charge in [-0.1, -0.05) is 17.3 Å². The van der Waals surface area contributed by atoms with E-state index in [1.165, 1.54) is 18.2 Å². The Morgan fingerprint density at radius 3 is 2.50 bits per heavy atom. The third kappa shape index (κ3) is 3.98. The molecule has 3 N–H and O–H groups in total. The number of anilines is 1. The summed E-state index contributed by atoms with van der Waals surface area (Å²) in [6.45, 7) is 2.24. The normalized spacial score (nSPS) is 21.2. The van der Waals surface area contributed by atoms with Gasteiger partial charge in [-0.25, -0.2) is 14.2 Å². The number of primary amides is 1. The minimum Gasteiger partial charge on any atom is -0.374 e. The number of rotatable bonds is 6. The second-order valence-corrected chi connectivity index (χ2v) is 7.97. The van der Waals surface area contributed by atoms with E-state index in [-0.39, 0.29) is 17.5 Å². The van der Waals surface area contributed by atoms with E-state index < -0.39 is 12.0 Å². The van der Waals surface area contributed by atoms with Crippen LogP contribution in [0.2, 0.25) is 0 Å². The quantitative estimate of drug-likeness (QED) is 0.607. The number of nitrogens with two attached hydrogens (primary N) is 1. The molecule has 9 nitrogen and oxygen atoms in total. The first kappa shape index (κ1) is 20.0. The van der Waals surface area contributed by atoms with Crippen LogP contribution >= 0.6 is 0 Å². The van der Waals surface area contributed by atoms with Crippen molar-refractivity contribution >= 4 is 17.8 Å². The maximum Gasteiger partial charge on any atom is 0.415 e. The Morgan fingerprint density at radius 1 is 1.16 bits per heavy atom. The zero-order valence-corrected chi connectivity index (χ0v) is 16.9. The summed E-state index contributed by atoms with van der Waals surface area (Å²) in [5, 5.41) is 6.12. The second-order valence-electron chi connectivity index (χ2n) is 7.97. The highest BCUT2D eigenvalue weighted by Gasteiger charge is 2.55. The Hall–Kier alpha value is -3.95. The van der Waals surface area contributed by atoms with Crippen molar-refractivity contribution in [2.24, 2.45) is 23.5 Å². The largest absolute Gasteiger partial charge is 0.415 e. The molecule has 1 saturated heterocycles. The first-order valence-corrected chi connectivity index (χ1v) is 10.2. The number of amides is 2. The van der Waals surface area contributed by atoms with Crippen molar-refractivity contribution in [1.29, 1.82) is 0 Å². The molecule has 0 spiro atoms. The maximum absolute atomic E-state index is 13.1. The lowest BCUT2D eigenvalue weighted by Gasteiger charge is -2.21. The lowest BCUT2D eigenvalue weighted by molar-refractivity contribution is 0.0991. The van der Waals surface area contributed by atoms with Gasteiger partial charge in [0.1, 0.15) is 11.6 Å². The number of ether oxygens (including phenoxy) is 1. The summed E-state index contributed by atoms with van der Waals surface area (Å²) in [4.78, 5) is 29.7. The monoisotopic (exact) mass is 437 g/mol. The van der Waals surface area contributed by atoms with Gasteiger partial charge < -0.3 is 25.2 Å². The van der Waals surface area contributed by atoms with Crippen LogP contribution in [0.25, 0.3) is 11.1 Å². The van der Waals surface area contributed by atoms with Crippen molar-refractivity contribution < 1.29 is 23.2 Å². The van der Waals surface area contributed by atoms with Crippen LogP contribution < -0.4 is 20.7 Å². The number of benzene rings is 1. The number of piperidine rings is 1. The highest BCUT2D eigenvalue weighted by Crippen LogP contribution is 2.52. The van der Waals surface area contributed by atoms with Crippen LogP contribution in [-0.2, 0) is 0 Å². The van der Waals surface area contributed by atoms with Crippen molar-refractivity contribution in [2.45, 2.75) is 0 Å². The predicted octanol–water partition coefficient (Wildman–Crippen LogP) is 2.45. The molecule has 2 amide bonds. The van der Waals surface area contributed by atoms with Crippen molar-refractivity contribution in [3.05, 3.63) is 60.2 Å². The predicted molar refractivity (Wildman–Crippen MR) is 111 cm³/mol. The number of aromatic nitrogens is 2. The average Bonchev–Trinajstić information content (AvgIpc) is 3.14. The van der Waals surface area contributed by atoms with Crippen LogP contribution in [-0.4, -0.2) is 41.8 Å². The molecule has 2 aromatic heterocycles. The smallest absolute Gasteiger partial charge is 0.374 e. The van der Waals surface area contributed by atoms with Gasteiger partial charge in [-0.15, -0.1) is 0 Å². The van der Waals surface area contributed by atoms with E-state index >= 15 is 0 Å². The summed E-state index contributed by atoms with van der Waals surface area (Å²) in [6, 6.07) is 11.5. The van der Waals surface area contributed by atoms with Gasteiger partial charge in [-0.2, -0.15) is 0 Å². The summed E-state index contributed by atoms with van der Waals surface area (Å²) in [7, 11) is 0. The third-order valence-electron chi connectivity index (χ3n) is 6.04. The molecule has 32 heavy (non-hydrogen) atoms. The van der Waals surface area contributed by atoms with Gasteiger partial charge in [0.15, 0.2) is 5.69 Å². The molecular formula is C22H20FN5O4. The standard InChI is InChI=1S/C22H20FN5O4/c23-14-4-1-12(2-5-14)13-3-6-19(25-8-13)28-10-16-15(17(16)11-28)9-26-22(30)31-20-7-18(21(24)29)27-32-20/h1-8,15-17H,9-11H2,(H2,24,29)(H,26,30). The zero-order valence-electron chi connectivity index (χ0n) is 16.9. The Morgan fingerprint density at radius 2 is 1.88 bits per heavy atom. The van der Waals surface area contributed by atoms with E-state index in [2.05, 4.69) is 20.4 Å². The number of halogens is 1. The summed E-state index contributed by atoms with van der Waals surface area (Å²) < 4.78 is 22.8. The molecule has 164 valence electrons. The van der Waals surface area contributed by atoms with Crippen LogP contribution in [0, 0.1) is 23.6 Å². The van der Waals surface area contributed by atoms with Gasteiger partial charge in [0.25, 0.3) is 5.91 Å². The van der Waals surface area contributed by atoms with Gasteiger partial charge in [0.2, 0.25) is 0 Å². The van der Waals surface area contributed by atoms with E-state index in [9.17, 15) is 14.0 Å². The second kappa shape index (κ2) is 7.95. The van der Waals surface area contributed by atoms with E-state index in [0.717, 1.165) is 30.0 Å². The molecule has 2 fully saturated rings. The van der Waals surface area contributed by atoms with E-state index in [4.69, 9.17) is 15.0 Å². The number of carbonyl (C=O) groups excluding carboxylic acids is 2. The van der Waals surface area contributed by atoms with Gasteiger partial charge in [0.05, 0.1) is 6.07 Å². The number of nitrogens with zero attached hydrogens (tertiary/aromatic N) is 3. The number of fused-ring (bicyclic) bond motifs is 1. The Bertz CT molecular complexity index is 1140. The van der Waals surface area contributed by atoms with Crippen molar-refractivity contribution in [2.75, 3.05) is 24.5 Å². The Labute approximate surface area is 182 Å². The zero-order chi connectivity index (χ0) is 22.2. The lowest BCUT2D eigenvalue weighted by Crippen LogP contribution is -2.32. The third-order valence-corrected chi connectivity index (χ3v) is 6.04. The van der Waals surface area contributed by atoms with E-state index in [0.29, 0.717) is 24.3 Å². The SMILES string of the molecule is NC(=O)c1cc(OC(=O)NCC2C3CN(c4ccc(-c5ccc(F)cc5)cn4)CC23)on1. The van der Waals surface area contributed by atoms with E-state index in [1.807, 2.05) is 12.1 Å². The number of hydrogen-bond acceptors (Lipinski definition) is 7. The Balaban J connectivity index is 1.09. The number of pyridine rings is 1. The molecule has 2 aliphatic rings. The van der Waals surface area contributed by atoms with Gasteiger partial charge in [0, 0.05) is 31.4 Å².